The molecule has 0 spiro atoms. The zero-order chi connectivity index (χ0) is 11.1. The highest BCUT2D eigenvalue weighted by atomic mass is 16.1. The van der Waals surface area contributed by atoms with Crippen LogP contribution >= 0.6 is 0 Å². The number of carbonyl (C=O) groups is 1. The Bertz CT molecular complexity index is 298. The van der Waals surface area contributed by atoms with Gasteiger partial charge in [0.25, 0.3) is 0 Å². The lowest BCUT2D eigenvalue weighted by atomic mass is 10.2. The van der Waals surface area contributed by atoms with Crippen LogP contribution in [-0.4, -0.2) is 30.9 Å². The van der Waals surface area contributed by atoms with E-state index in [1.54, 1.807) is 7.05 Å². The molecular formula is C12H18N2O. The van der Waals surface area contributed by atoms with Gasteiger partial charge in [0.15, 0.2) is 0 Å². The first-order valence-electron chi connectivity index (χ1n) is 5.23. The predicted octanol–water partition coefficient (Wildman–Crippen LogP) is 1.25. The van der Waals surface area contributed by atoms with Gasteiger partial charge in [-0.1, -0.05) is 37.3 Å². The first-order valence-corrected chi connectivity index (χ1v) is 5.23. The monoisotopic (exact) mass is 206 g/mol. The zero-order valence-electron chi connectivity index (χ0n) is 9.36. The highest BCUT2D eigenvalue weighted by Crippen LogP contribution is 2.03. The van der Waals surface area contributed by atoms with Crippen LogP contribution in [-0.2, 0) is 11.3 Å². The average Bonchev–Trinajstić information content (AvgIpc) is 2.29. The fourth-order valence-corrected chi connectivity index (χ4v) is 1.40. The second-order valence-corrected chi connectivity index (χ2v) is 3.46. The van der Waals surface area contributed by atoms with E-state index in [-0.39, 0.29) is 5.91 Å². The molecule has 0 aliphatic heterocycles. The van der Waals surface area contributed by atoms with Crippen molar-refractivity contribution < 1.29 is 4.79 Å². The number of nitrogens with one attached hydrogen (secondary N) is 1. The lowest BCUT2D eigenvalue weighted by molar-refractivity contribution is -0.121. The molecule has 3 nitrogen and oxygen atoms in total. The summed E-state index contributed by atoms with van der Waals surface area (Å²) in [5.74, 6) is 0.0628. The van der Waals surface area contributed by atoms with Crippen LogP contribution in [0.3, 0.4) is 0 Å². The minimum atomic E-state index is 0.0628. The first-order chi connectivity index (χ1) is 7.26. The second kappa shape index (κ2) is 6.19. The summed E-state index contributed by atoms with van der Waals surface area (Å²) >= 11 is 0. The Kier molecular flexibility index (Phi) is 4.84. The lowest BCUT2D eigenvalue weighted by Gasteiger charge is -2.19. The largest absolute Gasteiger partial charge is 0.358 e. The van der Waals surface area contributed by atoms with Crippen molar-refractivity contribution in [1.29, 1.82) is 0 Å². The predicted molar refractivity (Wildman–Crippen MR) is 61.5 cm³/mol. The maximum atomic E-state index is 11.2. The maximum Gasteiger partial charge on any atom is 0.233 e. The van der Waals surface area contributed by atoms with E-state index in [4.69, 9.17) is 0 Å². The van der Waals surface area contributed by atoms with Crippen LogP contribution in [0.2, 0.25) is 0 Å². The number of likely N-dealkylation sites (N-methyl/N-ethyl adjacent to an activating group) is 2. The zero-order valence-corrected chi connectivity index (χ0v) is 9.36. The molecule has 0 heterocycles. The van der Waals surface area contributed by atoms with Gasteiger partial charge in [0, 0.05) is 13.6 Å². The molecule has 0 aliphatic carbocycles. The van der Waals surface area contributed by atoms with Crippen molar-refractivity contribution in [3.63, 3.8) is 0 Å². The second-order valence-electron chi connectivity index (χ2n) is 3.46. The molecule has 0 fully saturated rings. The molecule has 0 radical (unpaired) electrons. The number of nitrogens with zero attached hydrogens (tertiary/aromatic N) is 1. The lowest BCUT2D eigenvalue weighted by Crippen LogP contribution is -2.35. The molecule has 1 amide bonds. The van der Waals surface area contributed by atoms with Crippen molar-refractivity contribution in [2.45, 2.75) is 13.5 Å². The third-order valence-corrected chi connectivity index (χ3v) is 2.34. The van der Waals surface area contributed by atoms with Crippen LogP contribution in [0.5, 0.6) is 0 Å². The van der Waals surface area contributed by atoms with Crippen LogP contribution in [0.4, 0.5) is 0 Å². The third-order valence-electron chi connectivity index (χ3n) is 2.34. The quantitative estimate of drug-likeness (QED) is 0.786. The summed E-state index contributed by atoms with van der Waals surface area (Å²) in [6.07, 6.45) is 0. The molecule has 1 aromatic rings. The first kappa shape index (κ1) is 11.7. The van der Waals surface area contributed by atoms with Gasteiger partial charge in [-0.05, 0) is 12.1 Å². The molecule has 0 atom stereocenters. The number of benzene rings is 1. The summed E-state index contributed by atoms with van der Waals surface area (Å²) < 4.78 is 0. The van der Waals surface area contributed by atoms with Gasteiger partial charge in [-0.15, -0.1) is 0 Å². The van der Waals surface area contributed by atoms with Gasteiger partial charge in [0.2, 0.25) is 5.91 Å². The van der Waals surface area contributed by atoms with E-state index in [9.17, 15) is 4.79 Å². The van der Waals surface area contributed by atoms with Crippen LogP contribution in [0, 0.1) is 0 Å². The van der Waals surface area contributed by atoms with Crippen LogP contribution in [0.25, 0.3) is 0 Å². The van der Waals surface area contributed by atoms with Crippen molar-refractivity contribution in [2.75, 3.05) is 20.1 Å². The summed E-state index contributed by atoms with van der Waals surface area (Å²) in [7, 11) is 1.67. The SMILES string of the molecule is CCN(CC(=O)NC)Cc1ccccc1. The Morgan fingerprint density at radius 1 is 1.33 bits per heavy atom. The van der Waals surface area contributed by atoms with Crippen molar-refractivity contribution in [2.24, 2.45) is 0 Å². The Morgan fingerprint density at radius 2 is 2.00 bits per heavy atom. The van der Waals surface area contributed by atoms with E-state index in [1.807, 2.05) is 18.2 Å². The van der Waals surface area contributed by atoms with Gasteiger partial charge in [0.05, 0.1) is 6.54 Å². The molecule has 1 N–H and O–H groups in total. The van der Waals surface area contributed by atoms with Gasteiger partial charge in [0.1, 0.15) is 0 Å². The van der Waals surface area contributed by atoms with E-state index in [0.717, 1.165) is 13.1 Å². The molecule has 0 unspecified atom stereocenters. The fourth-order valence-electron chi connectivity index (χ4n) is 1.40. The molecule has 0 saturated carbocycles. The van der Waals surface area contributed by atoms with Gasteiger partial charge >= 0.3 is 0 Å². The molecule has 1 rings (SSSR count). The van der Waals surface area contributed by atoms with Gasteiger partial charge < -0.3 is 5.32 Å². The van der Waals surface area contributed by atoms with Crippen LogP contribution < -0.4 is 5.32 Å². The smallest absolute Gasteiger partial charge is 0.233 e. The normalized spacial score (nSPS) is 10.3. The highest BCUT2D eigenvalue weighted by Gasteiger charge is 2.07. The Labute approximate surface area is 91.1 Å². The molecule has 0 aliphatic rings. The minimum absolute atomic E-state index is 0.0628. The Hall–Kier alpha value is -1.35. The van der Waals surface area contributed by atoms with Gasteiger partial charge in [-0.2, -0.15) is 0 Å². The number of hydrogen-bond donors (Lipinski definition) is 1. The Morgan fingerprint density at radius 3 is 2.53 bits per heavy atom. The molecule has 15 heavy (non-hydrogen) atoms. The van der Waals surface area contributed by atoms with Crippen LogP contribution in [0.1, 0.15) is 12.5 Å². The van der Waals surface area contributed by atoms with Gasteiger partial charge in [-0.25, -0.2) is 0 Å². The fraction of sp³-hybridized carbons (Fsp3) is 0.417. The summed E-state index contributed by atoms with van der Waals surface area (Å²) in [5, 5.41) is 2.63. The van der Waals surface area contributed by atoms with E-state index in [0.29, 0.717) is 6.54 Å². The number of rotatable bonds is 5. The standard InChI is InChI=1S/C12H18N2O/c1-3-14(10-12(15)13-2)9-11-7-5-4-6-8-11/h4-8H,3,9-10H2,1-2H3,(H,13,15). The topological polar surface area (TPSA) is 32.3 Å². The van der Waals surface area contributed by atoms with E-state index in [2.05, 4.69) is 29.3 Å². The molecule has 3 heteroatoms. The minimum Gasteiger partial charge on any atom is -0.358 e. The molecule has 0 saturated heterocycles. The molecule has 82 valence electrons. The van der Waals surface area contributed by atoms with E-state index < -0.39 is 0 Å². The molecular weight excluding hydrogens is 188 g/mol. The van der Waals surface area contributed by atoms with Crippen molar-refractivity contribution in [3.8, 4) is 0 Å². The van der Waals surface area contributed by atoms with Crippen molar-refractivity contribution in [1.82, 2.24) is 10.2 Å². The summed E-state index contributed by atoms with van der Waals surface area (Å²) in [4.78, 5) is 13.3. The van der Waals surface area contributed by atoms with Crippen LogP contribution in [0.15, 0.2) is 30.3 Å². The summed E-state index contributed by atoms with van der Waals surface area (Å²) in [6, 6.07) is 10.2. The third kappa shape index (κ3) is 4.13. The number of amides is 1. The van der Waals surface area contributed by atoms with Crippen molar-refractivity contribution in [3.05, 3.63) is 35.9 Å². The highest BCUT2D eigenvalue weighted by molar-refractivity contribution is 5.77. The van der Waals surface area contributed by atoms with E-state index in [1.165, 1.54) is 5.56 Å². The van der Waals surface area contributed by atoms with Gasteiger partial charge in [-0.3, -0.25) is 9.69 Å². The number of hydrogen-bond acceptors (Lipinski definition) is 2. The van der Waals surface area contributed by atoms with E-state index >= 15 is 0 Å². The van der Waals surface area contributed by atoms with Crippen molar-refractivity contribution >= 4 is 5.91 Å². The Balaban J connectivity index is 2.50. The summed E-state index contributed by atoms with van der Waals surface area (Å²) in [6.45, 7) is 4.22. The molecule has 0 aromatic heterocycles. The molecule has 1 aromatic carbocycles. The maximum absolute atomic E-state index is 11.2. The summed E-state index contributed by atoms with van der Waals surface area (Å²) in [5.41, 5.74) is 1.24. The number of carbonyl (C=O) groups excluding carboxylic acids is 1. The molecule has 0 bridgehead atoms. The average molecular weight is 206 g/mol.